The monoisotopic (exact) mass is 299 g/mol. The van der Waals surface area contributed by atoms with Crippen LogP contribution in [0.1, 0.15) is 20.3 Å². The lowest BCUT2D eigenvalue weighted by Gasteiger charge is -2.23. The van der Waals surface area contributed by atoms with Crippen molar-refractivity contribution < 1.29 is 13.5 Å². The van der Waals surface area contributed by atoms with Crippen molar-refractivity contribution in [2.45, 2.75) is 30.8 Å². The molecule has 1 unspecified atom stereocenters. The first-order valence-electron chi connectivity index (χ1n) is 6.62. The van der Waals surface area contributed by atoms with E-state index in [0.29, 0.717) is 37.4 Å². The van der Waals surface area contributed by atoms with Gasteiger partial charge >= 0.3 is 0 Å². The number of sulfonamides is 1. The van der Waals surface area contributed by atoms with Gasteiger partial charge in [-0.15, -0.1) is 0 Å². The predicted molar refractivity (Wildman–Crippen MR) is 79.2 cm³/mol. The largest absolute Gasteiger partial charge is 0.397 e. The Hall–Kier alpha value is -1.31. The van der Waals surface area contributed by atoms with Gasteiger partial charge < -0.3 is 15.7 Å². The fraction of sp³-hybridized carbons (Fsp3) is 0.538. The van der Waals surface area contributed by atoms with Crippen molar-refractivity contribution in [2.24, 2.45) is 0 Å². The molecule has 0 saturated carbocycles. The van der Waals surface area contributed by atoms with E-state index in [1.807, 2.05) is 4.90 Å². The van der Waals surface area contributed by atoms with Gasteiger partial charge in [-0.3, -0.25) is 0 Å². The summed E-state index contributed by atoms with van der Waals surface area (Å²) in [7, 11) is -3.50. The molecule has 1 aliphatic heterocycles. The van der Waals surface area contributed by atoms with Gasteiger partial charge in [0.05, 0.1) is 21.9 Å². The molecular formula is C13H21N3O3S. The van der Waals surface area contributed by atoms with Gasteiger partial charge in [0.25, 0.3) is 0 Å². The van der Waals surface area contributed by atoms with Crippen LogP contribution in [-0.2, 0) is 10.0 Å². The average molecular weight is 299 g/mol. The topological polar surface area (TPSA) is 95.7 Å². The smallest absolute Gasteiger partial charge is 0.240 e. The van der Waals surface area contributed by atoms with Gasteiger partial charge in [-0.1, -0.05) is 6.92 Å². The van der Waals surface area contributed by atoms with Gasteiger partial charge in [0.15, 0.2) is 0 Å². The number of aliphatic hydroxyl groups is 1. The Balaban J connectivity index is 2.36. The van der Waals surface area contributed by atoms with Crippen molar-refractivity contribution in [3.05, 3.63) is 18.2 Å². The molecule has 112 valence electrons. The van der Waals surface area contributed by atoms with E-state index in [4.69, 9.17) is 5.73 Å². The van der Waals surface area contributed by atoms with E-state index in [0.717, 1.165) is 0 Å². The summed E-state index contributed by atoms with van der Waals surface area (Å²) in [6.45, 7) is 4.93. The summed E-state index contributed by atoms with van der Waals surface area (Å²) in [6.07, 6.45) is 0.636. The molecule has 1 atom stereocenters. The standard InChI is InChI=1S/C13H21N3O3S/c1-3-15-20(18,19)10-4-5-11(14)12(8-10)16-7-6-13(2,17)9-16/h4-5,8,15,17H,3,6-7,9,14H2,1-2H3. The predicted octanol–water partition coefficient (Wildman–Crippen LogP) is 0.528. The Morgan fingerprint density at radius 2 is 2.20 bits per heavy atom. The summed E-state index contributed by atoms with van der Waals surface area (Å²) < 4.78 is 26.5. The third-order valence-electron chi connectivity index (χ3n) is 3.44. The van der Waals surface area contributed by atoms with E-state index in [2.05, 4.69) is 4.72 Å². The van der Waals surface area contributed by atoms with Crippen molar-refractivity contribution >= 4 is 21.4 Å². The lowest BCUT2D eigenvalue weighted by atomic mass is 10.1. The fourth-order valence-electron chi connectivity index (χ4n) is 2.39. The Labute approximate surface area is 119 Å². The normalized spacial score (nSPS) is 23.2. The van der Waals surface area contributed by atoms with Crippen molar-refractivity contribution in [1.29, 1.82) is 0 Å². The number of hydrogen-bond donors (Lipinski definition) is 3. The summed E-state index contributed by atoms with van der Waals surface area (Å²) in [5.41, 5.74) is 6.34. The molecule has 4 N–H and O–H groups in total. The van der Waals surface area contributed by atoms with Crippen molar-refractivity contribution in [1.82, 2.24) is 4.72 Å². The fourth-order valence-corrected chi connectivity index (χ4v) is 3.45. The van der Waals surface area contributed by atoms with Gasteiger partial charge in [0.2, 0.25) is 10.0 Å². The molecule has 1 aromatic carbocycles. The van der Waals surface area contributed by atoms with Crippen LogP contribution in [0.25, 0.3) is 0 Å². The molecule has 1 saturated heterocycles. The molecular weight excluding hydrogens is 278 g/mol. The molecule has 0 amide bonds. The van der Waals surface area contributed by atoms with Crippen molar-refractivity contribution in [2.75, 3.05) is 30.3 Å². The highest BCUT2D eigenvalue weighted by Gasteiger charge is 2.32. The molecule has 0 radical (unpaired) electrons. The Kier molecular flexibility index (Phi) is 3.95. The maximum absolute atomic E-state index is 12.0. The van der Waals surface area contributed by atoms with Crippen molar-refractivity contribution in [3.63, 3.8) is 0 Å². The number of rotatable bonds is 4. The zero-order valence-electron chi connectivity index (χ0n) is 11.8. The second-order valence-corrected chi connectivity index (χ2v) is 7.16. The highest BCUT2D eigenvalue weighted by atomic mass is 32.2. The SMILES string of the molecule is CCNS(=O)(=O)c1ccc(N)c(N2CCC(C)(O)C2)c1. The van der Waals surface area contributed by atoms with Crippen LogP contribution in [0.2, 0.25) is 0 Å². The van der Waals surface area contributed by atoms with Crippen LogP contribution in [0.15, 0.2) is 23.1 Å². The first-order valence-corrected chi connectivity index (χ1v) is 8.10. The van der Waals surface area contributed by atoms with Crippen LogP contribution in [0.5, 0.6) is 0 Å². The molecule has 0 bridgehead atoms. The molecule has 2 rings (SSSR count). The highest BCUT2D eigenvalue weighted by molar-refractivity contribution is 7.89. The second-order valence-electron chi connectivity index (χ2n) is 5.39. The van der Waals surface area contributed by atoms with Crippen LogP contribution in [-0.4, -0.2) is 38.8 Å². The Bertz CT molecular complexity index is 599. The second kappa shape index (κ2) is 5.23. The van der Waals surface area contributed by atoms with Crippen LogP contribution in [0.3, 0.4) is 0 Å². The maximum Gasteiger partial charge on any atom is 0.240 e. The molecule has 0 aliphatic carbocycles. The molecule has 20 heavy (non-hydrogen) atoms. The molecule has 7 heteroatoms. The molecule has 0 aromatic heterocycles. The number of β-amino-alcohol motifs (C(OH)–C–C–N with tert-alkyl or cyclic N) is 1. The van der Waals surface area contributed by atoms with Gasteiger partial charge in [-0.2, -0.15) is 0 Å². The van der Waals surface area contributed by atoms with Gasteiger partial charge in [-0.05, 0) is 31.5 Å². The number of hydrogen-bond acceptors (Lipinski definition) is 5. The van der Waals surface area contributed by atoms with E-state index in [9.17, 15) is 13.5 Å². The van der Waals surface area contributed by atoms with Crippen LogP contribution < -0.4 is 15.4 Å². The van der Waals surface area contributed by atoms with E-state index < -0.39 is 15.6 Å². The summed E-state index contributed by atoms with van der Waals surface area (Å²) >= 11 is 0. The highest BCUT2D eigenvalue weighted by Crippen LogP contribution is 2.32. The lowest BCUT2D eigenvalue weighted by molar-refractivity contribution is 0.0839. The van der Waals surface area contributed by atoms with Gasteiger partial charge in [0.1, 0.15) is 0 Å². The molecule has 6 nitrogen and oxygen atoms in total. The van der Waals surface area contributed by atoms with Crippen LogP contribution in [0.4, 0.5) is 11.4 Å². The van der Waals surface area contributed by atoms with Gasteiger partial charge in [0, 0.05) is 19.6 Å². The minimum Gasteiger partial charge on any atom is -0.397 e. The number of nitrogen functional groups attached to an aromatic ring is 1. The number of nitrogens with zero attached hydrogens (tertiary/aromatic N) is 1. The van der Waals surface area contributed by atoms with Crippen LogP contribution in [0, 0.1) is 0 Å². The summed E-state index contributed by atoms with van der Waals surface area (Å²) in [4.78, 5) is 2.11. The molecule has 1 aliphatic rings. The van der Waals surface area contributed by atoms with E-state index in [1.165, 1.54) is 6.07 Å². The number of nitrogens with one attached hydrogen (secondary N) is 1. The third kappa shape index (κ3) is 3.05. The summed E-state index contributed by atoms with van der Waals surface area (Å²) in [6, 6.07) is 4.65. The molecule has 0 spiro atoms. The zero-order valence-corrected chi connectivity index (χ0v) is 12.6. The van der Waals surface area contributed by atoms with E-state index in [1.54, 1.807) is 26.0 Å². The maximum atomic E-state index is 12.0. The quantitative estimate of drug-likeness (QED) is 0.705. The molecule has 1 aromatic rings. The Morgan fingerprint density at radius 3 is 2.75 bits per heavy atom. The molecule has 1 heterocycles. The number of anilines is 2. The minimum atomic E-state index is -3.50. The zero-order chi connectivity index (χ0) is 15.0. The van der Waals surface area contributed by atoms with Crippen LogP contribution >= 0.6 is 0 Å². The van der Waals surface area contributed by atoms with E-state index >= 15 is 0 Å². The number of benzene rings is 1. The van der Waals surface area contributed by atoms with Crippen molar-refractivity contribution in [3.8, 4) is 0 Å². The van der Waals surface area contributed by atoms with E-state index in [-0.39, 0.29) is 4.90 Å². The van der Waals surface area contributed by atoms with Gasteiger partial charge in [-0.25, -0.2) is 13.1 Å². The summed E-state index contributed by atoms with van der Waals surface area (Å²) in [5.74, 6) is 0. The number of nitrogens with two attached hydrogens (primary N) is 1. The lowest BCUT2D eigenvalue weighted by Crippen LogP contribution is -2.30. The third-order valence-corrected chi connectivity index (χ3v) is 4.98. The molecule has 1 fully saturated rings. The summed E-state index contributed by atoms with van der Waals surface area (Å²) in [5, 5.41) is 10.0. The average Bonchev–Trinajstić information content (AvgIpc) is 2.69. The Morgan fingerprint density at radius 1 is 1.50 bits per heavy atom. The first kappa shape index (κ1) is 15.1. The first-order chi connectivity index (χ1) is 9.25. The minimum absolute atomic E-state index is 0.190.